The minimum Gasteiger partial charge on any atom is -0.488 e. The summed E-state index contributed by atoms with van der Waals surface area (Å²) in [5, 5.41) is 18.3. The number of hydrogen-bond donors (Lipinski definition) is 5. The van der Waals surface area contributed by atoms with Crippen LogP contribution in [-0.4, -0.2) is 77.7 Å². The highest BCUT2D eigenvalue weighted by Gasteiger charge is 2.33. The lowest BCUT2D eigenvalue weighted by atomic mass is 9.99. The summed E-state index contributed by atoms with van der Waals surface area (Å²) in [4.78, 5) is 42.5. The number of ether oxygens (including phenoxy) is 1. The maximum Gasteiger partial charge on any atom is 0.319 e. The quantitative estimate of drug-likeness (QED) is 0.212. The summed E-state index contributed by atoms with van der Waals surface area (Å²) in [5.41, 5.74) is 9.36. The zero-order chi connectivity index (χ0) is 32.7. The monoisotopic (exact) mass is 616 g/mol. The third kappa shape index (κ3) is 8.74. The third-order valence-corrected chi connectivity index (χ3v) is 7.71. The summed E-state index contributed by atoms with van der Waals surface area (Å²) >= 11 is 0. The van der Waals surface area contributed by atoms with E-state index < -0.39 is 6.04 Å². The van der Waals surface area contributed by atoms with Gasteiger partial charge in [0.2, 0.25) is 0 Å². The predicted octanol–water partition coefficient (Wildman–Crippen LogP) is 4.40. The van der Waals surface area contributed by atoms with Crippen molar-refractivity contribution in [1.82, 2.24) is 15.1 Å². The Hall–Kier alpha value is -4.61. The summed E-state index contributed by atoms with van der Waals surface area (Å²) in [5.74, 6) is -0.135. The number of likely N-dealkylation sites (N-methyl/N-ethyl adjacent to an activating group) is 1. The highest BCUT2D eigenvalue weighted by molar-refractivity contribution is 6.05. The number of para-hydroxylation sites is 2. The first-order valence-corrected chi connectivity index (χ1v) is 15.2. The number of aliphatic hydroxyl groups is 1. The number of anilines is 3. The van der Waals surface area contributed by atoms with E-state index in [-0.39, 0.29) is 42.5 Å². The third-order valence-electron chi connectivity index (χ3n) is 7.71. The molecule has 0 spiro atoms. The summed E-state index contributed by atoms with van der Waals surface area (Å²) in [6.07, 6.45) is -0.278. The van der Waals surface area contributed by atoms with Crippen molar-refractivity contribution in [2.75, 3.05) is 43.1 Å². The number of urea groups is 1. The Kier molecular flexibility index (Phi) is 11.0. The standard InChI is InChI=1S/C34H44N6O5/c1-21(2)36-34(44)37-26-14-15-30-27(16-26)33(43)40(23(4)20-41)17-22(3)31(45-30)19-39(5)18-24-10-12-25(13-11-24)32(42)38-29-9-7-6-8-28(29)35/h6-16,21-23,31,41H,17-20,35H2,1-5H3,(H,38,42)(H2,36,37,44)/t22-,23+,31+/m1/s1. The summed E-state index contributed by atoms with van der Waals surface area (Å²) < 4.78 is 6.49. The number of hydrogen-bond acceptors (Lipinski definition) is 7. The summed E-state index contributed by atoms with van der Waals surface area (Å²) in [7, 11) is 1.99. The van der Waals surface area contributed by atoms with Crippen molar-refractivity contribution in [1.29, 1.82) is 0 Å². The number of nitrogens with one attached hydrogen (secondary N) is 3. The molecule has 0 saturated heterocycles. The maximum atomic E-state index is 13.7. The molecule has 3 aromatic carbocycles. The number of fused-ring (bicyclic) bond motifs is 1. The second-order valence-corrected chi connectivity index (χ2v) is 12.0. The van der Waals surface area contributed by atoms with Crippen molar-refractivity contribution in [3.05, 3.63) is 83.4 Å². The molecule has 1 aliphatic heterocycles. The van der Waals surface area contributed by atoms with E-state index >= 15 is 0 Å². The predicted molar refractivity (Wildman–Crippen MR) is 176 cm³/mol. The smallest absolute Gasteiger partial charge is 0.319 e. The second-order valence-electron chi connectivity index (χ2n) is 12.0. The molecule has 1 heterocycles. The first-order chi connectivity index (χ1) is 21.4. The SMILES string of the molecule is CC(C)NC(=O)Nc1ccc2c(c1)C(=O)N([C@@H](C)CO)C[C@@H](C)[C@H](CN(C)Cc1ccc(C(=O)Nc3ccccc3N)cc1)O2. The Morgan fingerprint density at radius 2 is 1.78 bits per heavy atom. The molecular weight excluding hydrogens is 572 g/mol. The molecule has 0 fully saturated rings. The average Bonchev–Trinajstić information content (AvgIpc) is 2.99. The van der Waals surface area contributed by atoms with Crippen molar-refractivity contribution in [2.24, 2.45) is 5.92 Å². The van der Waals surface area contributed by atoms with Crippen LogP contribution in [0, 0.1) is 5.92 Å². The van der Waals surface area contributed by atoms with Gasteiger partial charge in [0, 0.05) is 42.8 Å². The molecule has 6 N–H and O–H groups in total. The first-order valence-electron chi connectivity index (χ1n) is 15.2. The molecule has 0 aromatic heterocycles. The summed E-state index contributed by atoms with van der Waals surface area (Å²) in [6.45, 7) is 8.94. The minimum absolute atomic E-state index is 0.0450. The lowest BCUT2D eigenvalue weighted by Crippen LogP contribution is -2.49. The number of nitrogens with two attached hydrogens (primary N) is 1. The van der Waals surface area contributed by atoms with Gasteiger partial charge in [0.25, 0.3) is 11.8 Å². The molecule has 4 amide bonds. The van der Waals surface area contributed by atoms with E-state index in [9.17, 15) is 19.5 Å². The van der Waals surface area contributed by atoms with E-state index in [1.807, 2.05) is 59.0 Å². The van der Waals surface area contributed by atoms with E-state index in [1.54, 1.807) is 47.4 Å². The largest absolute Gasteiger partial charge is 0.488 e. The van der Waals surface area contributed by atoms with Gasteiger partial charge in [0.05, 0.1) is 29.6 Å². The number of aliphatic hydroxyl groups excluding tert-OH is 1. The highest BCUT2D eigenvalue weighted by atomic mass is 16.5. The Balaban J connectivity index is 1.47. The fourth-order valence-electron chi connectivity index (χ4n) is 5.20. The first kappa shape index (κ1) is 33.3. The van der Waals surface area contributed by atoms with Crippen molar-refractivity contribution >= 4 is 34.9 Å². The van der Waals surface area contributed by atoms with Crippen LogP contribution >= 0.6 is 0 Å². The molecule has 4 rings (SSSR count). The lowest BCUT2D eigenvalue weighted by Gasteiger charge is -2.38. The van der Waals surface area contributed by atoms with Gasteiger partial charge in [0.15, 0.2) is 0 Å². The fourth-order valence-corrected chi connectivity index (χ4v) is 5.20. The molecular formula is C34H44N6O5. The van der Waals surface area contributed by atoms with E-state index in [4.69, 9.17) is 10.5 Å². The molecule has 3 aromatic rings. The maximum absolute atomic E-state index is 13.7. The van der Waals surface area contributed by atoms with Gasteiger partial charge in [-0.3, -0.25) is 14.5 Å². The van der Waals surface area contributed by atoms with Gasteiger partial charge in [-0.25, -0.2) is 4.79 Å². The van der Waals surface area contributed by atoms with E-state index in [1.165, 1.54) is 0 Å². The molecule has 0 bridgehead atoms. The molecule has 11 heteroatoms. The van der Waals surface area contributed by atoms with Crippen LogP contribution in [0.2, 0.25) is 0 Å². The molecule has 0 saturated carbocycles. The number of nitrogen functional groups attached to an aromatic ring is 1. The fraction of sp³-hybridized carbons (Fsp3) is 0.382. The van der Waals surface area contributed by atoms with E-state index in [0.717, 1.165) is 5.56 Å². The normalized spacial score (nSPS) is 17.2. The lowest BCUT2D eigenvalue weighted by molar-refractivity contribution is 0.0341. The van der Waals surface area contributed by atoms with Crippen molar-refractivity contribution in [2.45, 2.75) is 52.4 Å². The molecule has 240 valence electrons. The number of rotatable bonds is 10. The second kappa shape index (κ2) is 14.9. The Morgan fingerprint density at radius 1 is 1.07 bits per heavy atom. The van der Waals surface area contributed by atoms with Crippen molar-refractivity contribution < 1.29 is 24.2 Å². The average molecular weight is 617 g/mol. The van der Waals surface area contributed by atoms with Crippen molar-refractivity contribution in [3.8, 4) is 5.75 Å². The van der Waals surface area contributed by atoms with Crippen LogP contribution < -0.4 is 26.4 Å². The zero-order valence-corrected chi connectivity index (χ0v) is 26.5. The topological polar surface area (TPSA) is 149 Å². The van der Waals surface area contributed by atoms with Crippen LogP contribution in [0.5, 0.6) is 5.75 Å². The van der Waals surface area contributed by atoms with Crippen LogP contribution in [0.3, 0.4) is 0 Å². The van der Waals surface area contributed by atoms with Gasteiger partial charge < -0.3 is 36.4 Å². The number of nitrogens with zero attached hydrogens (tertiary/aromatic N) is 2. The van der Waals surface area contributed by atoms with Crippen LogP contribution in [0.4, 0.5) is 21.9 Å². The Labute approximate surface area is 264 Å². The van der Waals surface area contributed by atoms with Gasteiger partial charge >= 0.3 is 6.03 Å². The van der Waals surface area contributed by atoms with Crippen LogP contribution in [0.1, 0.15) is 54.0 Å². The van der Waals surface area contributed by atoms with Crippen LogP contribution in [-0.2, 0) is 6.54 Å². The molecule has 0 radical (unpaired) electrons. The van der Waals surface area contributed by atoms with E-state index in [0.29, 0.717) is 53.6 Å². The van der Waals surface area contributed by atoms with Crippen molar-refractivity contribution in [3.63, 3.8) is 0 Å². The van der Waals surface area contributed by atoms with Crippen LogP contribution in [0.15, 0.2) is 66.7 Å². The number of carbonyl (C=O) groups excluding carboxylic acids is 3. The Bertz CT molecular complexity index is 1490. The molecule has 0 unspecified atom stereocenters. The summed E-state index contributed by atoms with van der Waals surface area (Å²) in [6, 6.07) is 18.8. The molecule has 45 heavy (non-hydrogen) atoms. The number of carbonyl (C=O) groups is 3. The van der Waals surface area contributed by atoms with Gasteiger partial charge in [-0.2, -0.15) is 0 Å². The number of amides is 4. The Morgan fingerprint density at radius 3 is 2.44 bits per heavy atom. The van der Waals surface area contributed by atoms with Gasteiger partial charge in [-0.05, 0) is 75.8 Å². The van der Waals surface area contributed by atoms with Gasteiger partial charge in [0.1, 0.15) is 11.9 Å². The molecule has 11 nitrogen and oxygen atoms in total. The van der Waals surface area contributed by atoms with E-state index in [2.05, 4.69) is 20.9 Å². The van der Waals surface area contributed by atoms with Gasteiger partial charge in [-0.15, -0.1) is 0 Å². The van der Waals surface area contributed by atoms with Crippen LogP contribution in [0.25, 0.3) is 0 Å². The molecule has 1 aliphatic rings. The highest BCUT2D eigenvalue weighted by Crippen LogP contribution is 2.31. The minimum atomic E-state index is -0.404. The molecule has 0 aliphatic carbocycles. The zero-order valence-electron chi connectivity index (χ0n) is 26.5. The van der Waals surface area contributed by atoms with Gasteiger partial charge in [-0.1, -0.05) is 31.2 Å². The molecule has 3 atom stereocenters. The number of benzene rings is 3.